The first-order chi connectivity index (χ1) is 17.0. The highest BCUT2D eigenvalue weighted by atomic mass is 35.5. The number of rotatable bonds is 4. The van der Waals surface area contributed by atoms with E-state index in [0.29, 0.717) is 54.3 Å². The van der Waals surface area contributed by atoms with Crippen LogP contribution in [0.1, 0.15) is 29.6 Å². The van der Waals surface area contributed by atoms with Crippen molar-refractivity contribution in [1.29, 1.82) is 0 Å². The Kier molecular flexibility index (Phi) is 5.48. The Morgan fingerprint density at radius 2 is 1.49 bits per heavy atom. The van der Waals surface area contributed by atoms with E-state index in [1.165, 1.54) is 4.90 Å². The topological polar surface area (TPSA) is 70.2 Å². The second-order valence-electron chi connectivity index (χ2n) is 10.0. The van der Waals surface area contributed by atoms with E-state index in [9.17, 15) is 14.4 Å². The minimum atomic E-state index is -0.192. The van der Waals surface area contributed by atoms with Gasteiger partial charge in [-0.3, -0.25) is 19.3 Å². The molecule has 0 unspecified atom stereocenters. The fourth-order valence-electron chi connectivity index (χ4n) is 6.61. The molecule has 182 valence electrons. The van der Waals surface area contributed by atoms with Gasteiger partial charge in [0.25, 0.3) is 5.91 Å². The molecule has 0 spiro atoms. The van der Waals surface area contributed by atoms with Crippen LogP contribution in [0.5, 0.6) is 5.75 Å². The number of hydrogen-bond acceptors (Lipinski definition) is 5. The van der Waals surface area contributed by atoms with Gasteiger partial charge in [0, 0.05) is 31.9 Å². The Hall–Kier alpha value is -3.06. The number of anilines is 2. The minimum Gasteiger partial charge on any atom is -0.497 e. The predicted octanol–water partition coefficient (Wildman–Crippen LogP) is 3.85. The van der Waals surface area contributed by atoms with E-state index >= 15 is 0 Å². The van der Waals surface area contributed by atoms with Crippen LogP contribution >= 0.6 is 11.6 Å². The number of carbonyl (C=O) groups is 3. The predicted molar refractivity (Wildman–Crippen MR) is 133 cm³/mol. The van der Waals surface area contributed by atoms with Crippen LogP contribution in [-0.4, -0.2) is 55.9 Å². The lowest BCUT2D eigenvalue weighted by atomic mass is 9.81. The summed E-state index contributed by atoms with van der Waals surface area (Å²) in [6, 6.07) is 12.8. The van der Waals surface area contributed by atoms with E-state index in [-0.39, 0.29) is 29.6 Å². The summed E-state index contributed by atoms with van der Waals surface area (Å²) in [5.74, 6) is 0.670. The van der Waals surface area contributed by atoms with Gasteiger partial charge in [0.15, 0.2) is 0 Å². The van der Waals surface area contributed by atoms with Crippen molar-refractivity contribution < 1.29 is 19.1 Å². The third-order valence-corrected chi connectivity index (χ3v) is 8.70. The third kappa shape index (κ3) is 3.59. The van der Waals surface area contributed by atoms with Crippen LogP contribution in [0.2, 0.25) is 5.02 Å². The maximum Gasteiger partial charge on any atom is 0.255 e. The summed E-state index contributed by atoms with van der Waals surface area (Å²) in [4.78, 5) is 45.2. The Morgan fingerprint density at radius 1 is 0.886 bits per heavy atom. The molecular weight excluding hydrogens is 466 g/mol. The first-order valence-corrected chi connectivity index (χ1v) is 12.7. The molecule has 4 atom stereocenters. The average Bonchev–Trinajstić information content (AvgIpc) is 3.58. The molecule has 35 heavy (non-hydrogen) atoms. The monoisotopic (exact) mass is 493 g/mol. The fourth-order valence-corrected chi connectivity index (χ4v) is 6.81. The number of carbonyl (C=O) groups excluding carboxylic acids is 3. The fraction of sp³-hybridized carbons (Fsp3) is 0.444. The van der Waals surface area contributed by atoms with Crippen LogP contribution in [0, 0.1) is 23.7 Å². The zero-order valence-corrected chi connectivity index (χ0v) is 20.4. The van der Waals surface area contributed by atoms with Crippen molar-refractivity contribution in [3.63, 3.8) is 0 Å². The van der Waals surface area contributed by atoms with Crippen molar-refractivity contribution in [3.05, 3.63) is 53.1 Å². The number of imide groups is 1. The molecule has 8 heteroatoms. The van der Waals surface area contributed by atoms with Gasteiger partial charge in [0.05, 0.1) is 35.2 Å². The van der Waals surface area contributed by atoms with Gasteiger partial charge in [-0.25, -0.2) is 0 Å². The van der Waals surface area contributed by atoms with Crippen LogP contribution in [0.15, 0.2) is 42.5 Å². The number of piperazine rings is 1. The molecular formula is C27H28ClN3O4. The molecule has 2 aromatic rings. The summed E-state index contributed by atoms with van der Waals surface area (Å²) in [7, 11) is 1.64. The normalized spacial score (nSPS) is 27.5. The SMILES string of the molecule is COc1ccc(N2CCN(C(=O)c3cc(N4C(=O)[C@@H]5[C@H]6CC[C@@H](C6)[C@@H]5C4=O)ccc3Cl)CC2)cc1. The molecule has 7 nitrogen and oxygen atoms in total. The molecule has 2 saturated heterocycles. The third-order valence-electron chi connectivity index (χ3n) is 8.37. The van der Waals surface area contributed by atoms with Crippen molar-refractivity contribution in [3.8, 4) is 5.75 Å². The standard InChI is InChI=1S/C27H28ClN3O4/c1-35-20-7-4-18(5-8-20)29-10-12-30(13-11-29)25(32)21-15-19(6-9-22(21)28)31-26(33)23-16-2-3-17(14-16)24(23)27(31)34/h4-9,15-17,23-24H,2-3,10-14H2,1H3/t16-,17-,23-,24+/m0/s1. The number of nitrogens with zero attached hydrogens (tertiary/aromatic N) is 3. The summed E-state index contributed by atoms with van der Waals surface area (Å²) in [6.07, 6.45) is 3.06. The van der Waals surface area contributed by atoms with Gasteiger partial charge in [-0.05, 0) is 73.6 Å². The molecule has 2 saturated carbocycles. The van der Waals surface area contributed by atoms with E-state index in [4.69, 9.17) is 16.3 Å². The second kappa shape index (κ2) is 8.55. The Morgan fingerprint density at radius 3 is 2.09 bits per heavy atom. The van der Waals surface area contributed by atoms with Gasteiger partial charge in [0.1, 0.15) is 5.75 Å². The van der Waals surface area contributed by atoms with E-state index < -0.39 is 0 Å². The number of methoxy groups -OCH3 is 1. The highest BCUT2D eigenvalue weighted by Crippen LogP contribution is 2.56. The van der Waals surface area contributed by atoms with Crippen molar-refractivity contribution in [2.75, 3.05) is 43.1 Å². The Bertz CT molecular complexity index is 1160. The van der Waals surface area contributed by atoms with Crippen LogP contribution in [-0.2, 0) is 9.59 Å². The molecule has 2 bridgehead atoms. The van der Waals surface area contributed by atoms with Gasteiger partial charge >= 0.3 is 0 Å². The van der Waals surface area contributed by atoms with Crippen LogP contribution < -0.4 is 14.5 Å². The lowest BCUT2D eigenvalue weighted by molar-refractivity contribution is -0.123. The zero-order chi connectivity index (χ0) is 24.3. The molecule has 2 aliphatic carbocycles. The van der Waals surface area contributed by atoms with E-state index in [2.05, 4.69) is 4.90 Å². The zero-order valence-electron chi connectivity index (χ0n) is 19.7. The molecule has 4 aliphatic rings. The molecule has 6 rings (SSSR count). The largest absolute Gasteiger partial charge is 0.497 e. The lowest BCUT2D eigenvalue weighted by Gasteiger charge is -2.36. The number of benzene rings is 2. The summed E-state index contributed by atoms with van der Waals surface area (Å²) in [6.45, 7) is 2.51. The maximum atomic E-state index is 13.4. The molecule has 3 amide bonds. The summed E-state index contributed by atoms with van der Waals surface area (Å²) < 4.78 is 5.23. The first-order valence-electron chi connectivity index (χ1n) is 12.3. The van der Waals surface area contributed by atoms with Crippen LogP contribution in [0.3, 0.4) is 0 Å². The van der Waals surface area contributed by atoms with Gasteiger partial charge in [-0.1, -0.05) is 11.6 Å². The quantitative estimate of drug-likeness (QED) is 0.605. The first kappa shape index (κ1) is 22.4. The Labute approximate surface area is 209 Å². The highest BCUT2D eigenvalue weighted by molar-refractivity contribution is 6.34. The van der Waals surface area contributed by atoms with Crippen molar-refractivity contribution in [2.45, 2.75) is 19.3 Å². The van der Waals surface area contributed by atoms with Gasteiger partial charge in [-0.2, -0.15) is 0 Å². The molecule has 2 aromatic carbocycles. The summed E-state index contributed by atoms with van der Waals surface area (Å²) in [5.41, 5.74) is 1.88. The van der Waals surface area contributed by atoms with E-state index in [1.807, 2.05) is 24.3 Å². The van der Waals surface area contributed by atoms with E-state index in [1.54, 1.807) is 30.2 Å². The smallest absolute Gasteiger partial charge is 0.255 e. The summed E-state index contributed by atoms with van der Waals surface area (Å²) >= 11 is 6.44. The number of fused-ring (bicyclic) bond motifs is 5. The average molecular weight is 494 g/mol. The molecule has 4 fully saturated rings. The van der Waals surface area contributed by atoms with Gasteiger partial charge < -0.3 is 14.5 Å². The number of ether oxygens (including phenoxy) is 1. The molecule has 0 N–H and O–H groups in total. The maximum absolute atomic E-state index is 13.4. The molecule has 0 radical (unpaired) electrons. The molecule has 0 aromatic heterocycles. The van der Waals surface area contributed by atoms with Crippen molar-refractivity contribution in [2.24, 2.45) is 23.7 Å². The number of halogens is 1. The van der Waals surface area contributed by atoms with Gasteiger partial charge in [0.2, 0.25) is 11.8 Å². The number of hydrogen-bond donors (Lipinski definition) is 0. The highest BCUT2D eigenvalue weighted by Gasteiger charge is 2.61. The second-order valence-corrected chi connectivity index (χ2v) is 10.4. The van der Waals surface area contributed by atoms with Crippen molar-refractivity contribution in [1.82, 2.24) is 4.90 Å². The summed E-state index contributed by atoms with van der Waals surface area (Å²) in [5, 5.41) is 0.329. The minimum absolute atomic E-state index is 0.110. The number of amides is 3. The van der Waals surface area contributed by atoms with Crippen LogP contribution in [0.25, 0.3) is 0 Å². The Balaban J connectivity index is 1.18. The molecule has 2 heterocycles. The molecule has 2 aliphatic heterocycles. The van der Waals surface area contributed by atoms with E-state index in [0.717, 1.165) is 30.7 Å². The van der Waals surface area contributed by atoms with Crippen LogP contribution in [0.4, 0.5) is 11.4 Å². The lowest BCUT2D eigenvalue weighted by Crippen LogP contribution is -2.48. The van der Waals surface area contributed by atoms with Crippen molar-refractivity contribution >= 4 is 40.7 Å². The van der Waals surface area contributed by atoms with Gasteiger partial charge in [-0.15, -0.1) is 0 Å².